The third-order valence-electron chi connectivity index (χ3n) is 4.36. The summed E-state index contributed by atoms with van der Waals surface area (Å²) < 4.78 is 72.8. The van der Waals surface area contributed by atoms with Crippen LogP contribution in [0.3, 0.4) is 0 Å². The lowest BCUT2D eigenvalue weighted by molar-refractivity contribution is -0.141. The molecule has 11 heteroatoms. The van der Waals surface area contributed by atoms with Crippen molar-refractivity contribution in [2.45, 2.75) is 13.1 Å². The molecule has 4 rings (SSSR count). The lowest BCUT2D eigenvalue weighted by Gasteiger charge is -2.09. The van der Waals surface area contributed by atoms with Gasteiger partial charge in [0.05, 0.1) is 17.0 Å². The van der Waals surface area contributed by atoms with Crippen molar-refractivity contribution in [3.05, 3.63) is 65.6 Å². The maximum Gasteiger partial charge on any atom is 0.433 e. The van der Waals surface area contributed by atoms with Gasteiger partial charge in [-0.05, 0) is 31.2 Å². The SMILES string of the molecule is Cc1nn2c(OI)cc(-c3ccc(C(F)(F)F)nc3)nc2c1-c1ccc(F)cc1F. The van der Waals surface area contributed by atoms with Crippen molar-refractivity contribution in [2.24, 2.45) is 0 Å². The molecule has 0 bridgehead atoms. The Morgan fingerprint density at radius 1 is 1.07 bits per heavy atom. The summed E-state index contributed by atoms with van der Waals surface area (Å²) in [6.45, 7) is 1.63. The van der Waals surface area contributed by atoms with Crippen molar-refractivity contribution in [3.63, 3.8) is 0 Å². The highest BCUT2D eigenvalue weighted by atomic mass is 127. The topological polar surface area (TPSA) is 52.3 Å². The second-order valence-electron chi connectivity index (χ2n) is 6.31. The van der Waals surface area contributed by atoms with Crippen LogP contribution < -0.4 is 3.07 Å². The standard InChI is InChI=1S/C19H10F5IN4O/c1-9-17(12-4-3-11(20)6-13(12)21)18-27-14(7-16(30-25)29(18)28-9)10-2-5-15(26-8-10)19(22,23)24/h2-8H,1H3. The smallest absolute Gasteiger partial charge is 0.408 e. The van der Waals surface area contributed by atoms with Gasteiger partial charge in [0.1, 0.15) is 17.3 Å². The molecule has 30 heavy (non-hydrogen) atoms. The van der Waals surface area contributed by atoms with Gasteiger partial charge in [-0.3, -0.25) is 4.98 Å². The maximum absolute atomic E-state index is 14.4. The number of aromatic nitrogens is 4. The van der Waals surface area contributed by atoms with E-state index in [0.717, 1.165) is 24.4 Å². The summed E-state index contributed by atoms with van der Waals surface area (Å²) in [5.41, 5.74) is 0.505. The van der Waals surface area contributed by atoms with E-state index in [2.05, 4.69) is 15.1 Å². The summed E-state index contributed by atoms with van der Waals surface area (Å²) in [5.74, 6) is -1.31. The summed E-state index contributed by atoms with van der Waals surface area (Å²) >= 11 is 1.62. The zero-order valence-electron chi connectivity index (χ0n) is 15.0. The van der Waals surface area contributed by atoms with E-state index in [0.29, 0.717) is 16.8 Å². The Morgan fingerprint density at radius 3 is 2.43 bits per heavy atom. The fourth-order valence-corrected chi connectivity index (χ4v) is 3.33. The molecular weight excluding hydrogens is 522 g/mol. The number of aryl methyl sites for hydroxylation is 1. The van der Waals surface area contributed by atoms with Gasteiger partial charge in [0.15, 0.2) is 28.7 Å². The van der Waals surface area contributed by atoms with Crippen LogP contribution in [0.5, 0.6) is 5.88 Å². The van der Waals surface area contributed by atoms with Gasteiger partial charge in [-0.2, -0.15) is 22.8 Å². The van der Waals surface area contributed by atoms with Gasteiger partial charge in [0, 0.05) is 29.5 Å². The summed E-state index contributed by atoms with van der Waals surface area (Å²) in [6, 6.07) is 6.67. The Balaban J connectivity index is 1.93. The van der Waals surface area contributed by atoms with E-state index in [9.17, 15) is 22.0 Å². The highest BCUT2D eigenvalue weighted by Gasteiger charge is 2.32. The number of halogens is 6. The fourth-order valence-electron chi connectivity index (χ4n) is 3.02. The van der Waals surface area contributed by atoms with Crippen LogP contribution in [0, 0.1) is 18.6 Å². The van der Waals surface area contributed by atoms with Crippen molar-refractivity contribution >= 4 is 28.7 Å². The van der Waals surface area contributed by atoms with Crippen LogP contribution in [0.2, 0.25) is 0 Å². The van der Waals surface area contributed by atoms with Gasteiger partial charge in [0.25, 0.3) is 0 Å². The molecule has 0 spiro atoms. The van der Waals surface area contributed by atoms with E-state index in [1.54, 1.807) is 29.9 Å². The molecule has 0 atom stereocenters. The van der Waals surface area contributed by atoms with Gasteiger partial charge in [0.2, 0.25) is 5.88 Å². The zero-order chi connectivity index (χ0) is 21.6. The second kappa shape index (κ2) is 7.45. The number of fused-ring (bicyclic) bond motifs is 1. The van der Waals surface area contributed by atoms with Crippen molar-refractivity contribution in [1.29, 1.82) is 0 Å². The Labute approximate surface area is 180 Å². The van der Waals surface area contributed by atoms with Crippen molar-refractivity contribution in [1.82, 2.24) is 19.6 Å². The molecule has 0 N–H and O–H groups in total. The minimum absolute atomic E-state index is 0.0819. The normalized spacial score (nSPS) is 11.8. The molecule has 0 aliphatic heterocycles. The lowest BCUT2D eigenvalue weighted by Crippen LogP contribution is -2.07. The predicted octanol–water partition coefficient (Wildman–Crippen LogP) is 5.79. The zero-order valence-corrected chi connectivity index (χ0v) is 17.2. The molecule has 3 aromatic heterocycles. The van der Waals surface area contributed by atoms with Gasteiger partial charge < -0.3 is 3.07 Å². The van der Waals surface area contributed by atoms with E-state index in [1.807, 2.05) is 0 Å². The summed E-state index contributed by atoms with van der Waals surface area (Å²) in [6.07, 6.45) is -3.53. The largest absolute Gasteiger partial charge is 0.433 e. The fraction of sp³-hybridized carbons (Fsp3) is 0.105. The monoisotopic (exact) mass is 532 g/mol. The van der Waals surface area contributed by atoms with Crippen LogP contribution in [-0.2, 0) is 6.18 Å². The van der Waals surface area contributed by atoms with Crippen LogP contribution in [0.4, 0.5) is 22.0 Å². The average Bonchev–Trinajstić information content (AvgIpc) is 3.02. The van der Waals surface area contributed by atoms with E-state index < -0.39 is 23.5 Å². The number of hydrogen-bond donors (Lipinski definition) is 0. The molecule has 0 saturated carbocycles. The number of pyridine rings is 1. The molecule has 0 amide bonds. The molecule has 0 aliphatic carbocycles. The molecule has 0 radical (unpaired) electrons. The summed E-state index contributed by atoms with van der Waals surface area (Å²) in [7, 11) is 0. The molecule has 5 nitrogen and oxygen atoms in total. The summed E-state index contributed by atoms with van der Waals surface area (Å²) in [5, 5.41) is 4.30. The van der Waals surface area contributed by atoms with Crippen molar-refractivity contribution in [3.8, 4) is 28.3 Å². The van der Waals surface area contributed by atoms with Gasteiger partial charge in [-0.25, -0.2) is 13.8 Å². The molecule has 154 valence electrons. The van der Waals surface area contributed by atoms with Gasteiger partial charge >= 0.3 is 6.18 Å². The van der Waals surface area contributed by atoms with Crippen molar-refractivity contribution < 1.29 is 25.0 Å². The first-order valence-corrected chi connectivity index (χ1v) is 9.25. The molecule has 0 saturated heterocycles. The second-order valence-corrected chi connectivity index (χ2v) is 6.75. The van der Waals surface area contributed by atoms with Gasteiger partial charge in [-0.15, -0.1) is 0 Å². The molecule has 0 unspecified atom stereocenters. The lowest BCUT2D eigenvalue weighted by atomic mass is 10.1. The van der Waals surface area contributed by atoms with Gasteiger partial charge in [-0.1, -0.05) is 0 Å². The third kappa shape index (κ3) is 3.57. The quantitative estimate of drug-likeness (QED) is 0.248. The Hall–Kier alpha value is -2.83. The predicted molar refractivity (Wildman–Crippen MR) is 106 cm³/mol. The Bertz CT molecular complexity index is 1250. The minimum atomic E-state index is -4.57. The number of rotatable bonds is 3. The van der Waals surface area contributed by atoms with E-state index >= 15 is 0 Å². The maximum atomic E-state index is 14.4. The highest BCUT2D eigenvalue weighted by molar-refractivity contribution is 14.1. The van der Waals surface area contributed by atoms with E-state index in [4.69, 9.17) is 3.07 Å². The third-order valence-corrected chi connectivity index (χ3v) is 4.81. The van der Waals surface area contributed by atoms with Crippen molar-refractivity contribution in [2.75, 3.05) is 0 Å². The molecule has 4 aromatic rings. The van der Waals surface area contributed by atoms with Crippen LogP contribution >= 0.6 is 23.0 Å². The summed E-state index contributed by atoms with van der Waals surface area (Å²) in [4.78, 5) is 7.88. The Morgan fingerprint density at radius 2 is 1.83 bits per heavy atom. The number of hydrogen-bond acceptors (Lipinski definition) is 4. The van der Waals surface area contributed by atoms with Crippen LogP contribution in [0.25, 0.3) is 28.0 Å². The first-order chi connectivity index (χ1) is 14.2. The first-order valence-electron chi connectivity index (χ1n) is 8.37. The van der Waals surface area contributed by atoms with Crippen LogP contribution in [-0.4, -0.2) is 19.6 Å². The highest BCUT2D eigenvalue weighted by Crippen LogP contribution is 2.35. The number of benzene rings is 1. The Kier molecular flexibility index (Phi) is 5.08. The van der Waals surface area contributed by atoms with Crippen LogP contribution in [0.1, 0.15) is 11.4 Å². The average molecular weight is 532 g/mol. The first kappa shape index (κ1) is 20.4. The molecule has 0 aliphatic rings. The molecule has 1 aromatic carbocycles. The molecule has 3 heterocycles. The number of alkyl halides is 3. The van der Waals surface area contributed by atoms with E-state index in [-0.39, 0.29) is 22.8 Å². The number of nitrogens with zero attached hydrogens (tertiary/aromatic N) is 4. The molecular formula is C19H10F5IN4O. The minimum Gasteiger partial charge on any atom is -0.408 e. The van der Waals surface area contributed by atoms with Crippen LogP contribution in [0.15, 0.2) is 42.6 Å². The molecule has 0 fully saturated rings. The van der Waals surface area contributed by atoms with E-state index in [1.165, 1.54) is 22.7 Å².